The van der Waals surface area contributed by atoms with Gasteiger partial charge in [0.2, 0.25) is 0 Å². The van der Waals surface area contributed by atoms with E-state index < -0.39 is 0 Å². The van der Waals surface area contributed by atoms with Gasteiger partial charge in [0.05, 0.1) is 11.4 Å². The third kappa shape index (κ3) is 3.70. The standard InChI is InChI=1S/C21H25NO/c1-3-23-15-16(2)19-14-13-17-9-7-8-12-20(17)21(19)22-18-10-5-4-6-11-18/h4-12,16,19H,3,13-15H2,1-2H3. The highest BCUT2D eigenvalue weighted by Gasteiger charge is 2.29. The van der Waals surface area contributed by atoms with Crippen LogP contribution in [-0.4, -0.2) is 18.9 Å². The SMILES string of the molecule is CCOCC(C)C1CCc2ccccc2C1=Nc1ccccc1. The maximum absolute atomic E-state index is 5.68. The lowest BCUT2D eigenvalue weighted by Crippen LogP contribution is -2.30. The van der Waals surface area contributed by atoms with Gasteiger partial charge in [-0.1, -0.05) is 49.4 Å². The van der Waals surface area contributed by atoms with Crippen molar-refractivity contribution in [2.24, 2.45) is 16.8 Å². The Balaban J connectivity index is 1.98. The molecular formula is C21H25NO. The Morgan fingerprint density at radius 3 is 2.61 bits per heavy atom. The zero-order chi connectivity index (χ0) is 16.1. The Labute approximate surface area is 139 Å². The number of fused-ring (bicyclic) bond motifs is 1. The molecule has 2 atom stereocenters. The van der Waals surface area contributed by atoms with E-state index in [1.165, 1.54) is 16.8 Å². The van der Waals surface area contributed by atoms with E-state index in [-0.39, 0.29) is 0 Å². The topological polar surface area (TPSA) is 21.6 Å². The largest absolute Gasteiger partial charge is 0.381 e. The third-order valence-electron chi connectivity index (χ3n) is 4.65. The van der Waals surface area contributed by atoms with Crippen molar-refractivity contribution in [3.63, 3.8) is 0 Å². The first-order chi connectivity index (χ1) is 11.3. The molecule has 0 saturated heterocycles. The molecule has 0 fully saturated rings. The first-order valence-corrected chi connectivity index (χ1v) is 8.59. The van der Waals surface area contributed by atoms with E-state index in [2.05, 4.69) is 50.2 Å². The maximum Gasteiger partial charge on any atom is 0.0633 e. The molecule has 2 heteroatoms. The van der Waals surface area contributed by atoms with Crippen molar-refractivity contribution in [3.05, 3.63) is 65.7 Å². The Morgan fingerprint density at radius 1 is 1.09 bits per heavy atom. The van der Waals surface area contributed by atoms with Crippen LogP contribution in [0, 0.1) is 11.8 Å². The highest BCUT2D eigenvalue weighted by molar-refractivity contribution is 6.05. The number of rotatable bonds is 5. The van der Waals surface area contributed by atoms with Crippen LogP contribution < -0.4 is 0 Å². The predicted octanol–water partition coefficient (Wildman–Crippen LogP) is 5.04. The summed E-state index contributed by atoms with van der Waals surface area (Å²) in [5.41, 5.74) is 5.00. The Bertz CT molecular complexity index is 663. The molecule has 120 valence electrons. The fourth-order valence-corrected chi connectivity index (χ4v) is 3.39. The van der Waals surface area contributed by atoms with Crippen LogP contribution in [0.2, 0.25) is 0 Å². The molecule has 3 rings (SSSR count). The van der Waals surface area contributed by atoms with E-state index in [1.807, 2.05) is 18.2 Å². The van der Waals surface area contributed by atoms with Crippen LogP contribution in [0.5, 0.6) is 0 Å². The number of benzene rings is 2. The molecule has 1 aliphatic rings. The second kappa shape index (κ2) is 7.56. The van der Waals surface area contributed by atoms with Gasteiger partial charge in [-0.3, -0.25) is 4.99 Å². The summed E-state index contributed by atoms with van der Waals surface area (Å²) >= 11 is 0. The van der Waals surface area contributed by atoms with Gasteiger partial charge in [0, 0.05) is 19.1 Å². The molecule has 0 heterocycles. The van der Waals surface area contributed by atoms with Gasteiger partial charge in [-0.15, -0.1) is 0 Å². The van der Waals surface area contributed by atoms with Crippen LogP contribution in [-0.2, 0) is 11.2 Å². The van der Waals surface area contributed by atoms with Crippen LogP contribution in [0.1, 0.15) is 31.4 Å². The zero-order valence-electron chi connectivity index (χ0n) is 14.0. The first kappa shape index (κ1) is 15.9. The molecule has 23 heavy (non-hydrogen) atoms. The van der Waals surface area contributed by atoms with Crippen LogP contribution >= 0.6 is 0 Å². The molecule has 0 aliphatic heterocycles. The van der Waals surface area contributed by atoms with E-state index in [1.54, 1.807) is 0 Å². The lowest BCUT2D eigenvalue weighted by atomic mass is 9.76. The van der Waals surface area contributed by atoms with Crippen molar-refractivity contribution >= 4 is 11.4 Å². The van der Waals surface area contributed by atoms with Crippen LogP contribution in [0.25, 0.3) is 0 Å². The van der Waals surface area contributed by atoms with Crippen LogP contribution in [0.3, 0.4) is 0 Å². The summed E-state index contributed by atoms with van der Waals surface area (Å²) < 4.78 is 5.68. The molecule has 0 spiro atoms. The van der Waals surface area contributed by atoms with Gasteiger partial charge in [0.1, 0.15) is 0 Å². The number of aliphatic imine (C=N–C) groups is 1. The van der Waals surface area contributed by atoms with Gasteiger partial charge in [-0.05, 0) is 48.9 Å². The molecule has 2 aromatic carbocycles. The minimum Gasteiger partial charge on any atom is -0.381 e. The molecule has 2 aromatic rings. The van der Waals surface area contributed by atoms with Gasteiger partial charge in [-0.25, -0.2) is 0 Å². The quantitative estimate of drug-likeness (QED) is 0.758. The second-order valence-corrected chi connectivity index (χ2v) is 6.27. The van der Waals surface area contributed by atoms with E-state index in [0.29, 0.717) is 11.8 Å². The minimum atomic E-state index is 0.455. The molecule has 0 saturated carbocycles. The van der Waals surface area contributed by atoms with E-state index >= 15 is 0 Å². The summed E-state index contributed by atoms with van der Waals surface area (Å²) in [6, 6.07) is 19.0. The number of hydrogen-bond donors (Lipinski definition) is 0. The van der Waals surface area contributed by atoms with Gasteiger partial charge < -0.3 is 4.74 Å². The van der Waals surface area contributed by atoms with Crippen molar-refractivity contribution < 1.29 is 4.74 Å². The molecule has 0 N–H and O–H groups in total. The monoisotopic (exact) mass is 307 g/mol. The highest BCUT2D eigenvalue weighted by atomic mass is 16.5. The lowest BCUT2D eigenvalue weighted by Gasteiger charge is -2.31. The fourth-order valence-electron chi connectivity index (χ4n) is 3.39. The first-order valence-electron chi connectivity index (χ1n) is 8.59. The number of ether oxygens (including phenoxy) is 1. The Kier molecular flexibility index (Phi) is 5.24. The zero-order valence-corrected chi connectivity index (χ0v) is 14.0. The molecule has 1 aliphatic carbocycles. The van der Waals surface area contributed by atoms with Gasteiger partial charge >= 0.3 is 0 Å². The predicted molar refractivity (Wildman–Crippen MR) is 96.5 cm³/mol. The van der Waals surface area contributed by atoms with E-state index in [9.17, 15) is 0 Å². The molecular weight excluding hydrogens is 282 g/mol. The summed E-state index contributed by atoms with van der Waals surface area (Å²) in [6.07, 6.45) is 2.28. The second-order valence-electron chi connectivity index (χ2n) is 6.27. The fraction of sp³-hybridized carbons (Fsp3) is 0.381. The van der Waals surface area contributed by atoms with Crippen LogP contribution in [0.15, 0.2) is 59.6 Å². The molecule has 2 unspecified atom stereocenters. The summed E-state index contributed by atoms with van der Waals surface area (Å²) in [5.74, 6) is 0.933. The van der Waals surface area contributed by atoms with E-state index in [4.69, 9.17) is 9.73 Å². The molecule has 0 amide bonds. The van der Waals surface area contributed by atoms with Crippen molar-refractivity contribution in [2.45, 2.75) is 26.7 Å². The molecule has 0 bridgehead atoms. The van der Waals surface area contributed by atoms with Crippen LogP contribution in [0.4, 0.5) is 5.69 Å². The summed E-state index contributed by atoms with van der Waals surface area (Å²) in [5, 5.41) is 0. The number of para-hydroxylation sites is 1. The van der Waals surface area contributed by atoms with Gasteiger partial charge in [0.25, 0.3) is 0 Å². The molecule has 2 nitrogen and oxygen atoms in total. The molecule has 0 aromatic heterocycles. The van der Waals surface area contributed by atoms with Gasteiger partial charge in [0.15, 0.2) is 0 Å². The Hall–Kier alpha value is -1.93. The smallest absolute Gasteiger partial charge is 0.0633 e. The molecule has 0 radical (unpaired) electrons. The van der Waals surface area contributed by atoms with Crippen molar-refractivity contribution in [3.8, 4) is 0 Å². The minimum absolute atomic E-state index is 0.455. The number of nitrogens with zero attached hydrogens (tertiary/aromatic N) is 1. The number of aryl methyl sites for hydroxylation is 1. The average Bonchev–Trinajstić information content (AvgIpc) is 2.61. The average molecular weight is 307 g/mol. The van der Waals surface area contributed by atoms with Crippen molar-refractivity contribution in [1.82, 2.24) is 0 Å². The maximum atomic E-state index is 5.68. The summed E-state index contributed by atoms with van der Waals surface area (Å²) in [6.45, 7) is 5.92. The number of hydrogen-bond acceptors (Lipinski definition) is 2. The summed E-state index contributed by atoms with van der Waals surface area (Å²) in [7, 11) is 0. The lowest BCUT2D eigenvalue weighted by molar-refractivity contribution is 0.103. The normalized spacial score (nSPS) is 20.3. The Morgan fingerprint density at radius 2 is 1.83 bits per heavy atom. The third-order valence-corrected chi connectivity index (χ3v) is 4.65. The van der Waals surface area contributed by atoms with Crippen molar-refractivity contribution in [2.75, 3.05) is 13.2 Å². The van der Waals surface area contributed by atoms with Crippen molar-refractivity contribution in [1.29, 1.82) is 0 Å². The summed E-state index contributed by atoms with van der Waals surface area (Å²) in [4.78, 5) is 5.03. The highest BCUT2D eigenvalue weighted by Crippen LogP contribution is 2.32. The van der Waals surface area contributed by atoms with Gasteiger partial charge in [-0.2, -0.15) is 0 Å². The van der Waals surface area contributed by atoms with E-state index in [0.717, 1.165) is 31.7 Å².